The number of carbonyl (C=O) groups excluding carboxylic acids is 1. The second kappa shape index (κ2) is 8.51. The molecule has 0 saturated carbocycles. The van der Waals surface area contributed by atoms with Gasteiger partial charge in [-0.15, -0.1) is 0 Å². The number of ether oxygens (including phenoxy) is 2. The Labute approximate surface area is 161 Å². The summed E-state index contributed by atoms with van der Waals surface area (Å²) in [6, 6.07) is 10.6. The van der Waals surface area contributed by atoms with E-state index < -0.39 is 6.04 Å². The summed E-state index contributed by atoms with van der Waals surface area (Å²) >= 11 is 0. The molecular formula is C20H20FN3O4. The molecule has 0 bridgehead atoms. The van der Waals surface area contributed by atoms with Gasteiger partial charge in [0.2, 0.25) is 17.6 Å². The highest BCUT2D eigenvalue weighted by molar-refractivity contribution is 5.78. The highest BCUT2D eigenvalue weighted by atomic mass is 19.1. The maximum atomic E-state index is 12.9. The van der Waals surface area contributed by atoms with Crippen LogP contribution in [0.25, 0.3) is 11.4 Å². The van der Waals surface area contributed by atoms with E-state index in [0.717, 1.165) is 0 Å². The van der Waals surface area contributed by atoms with Crippen molar-refractivity contribution in [1.82, 2.24) is 15.5 Å². The van der Waals surface area contributed by atoms with Crippen LogP contribution in [0.1, 0.15) is 24.4 Å². The molecular weight excluding hydrogens is 365 g/mol. The molecule has 28 heavy (non-hydrogen) atoms. The van der Waals surface area contributed by atoms with E-state index in [1.807, 2.05) is 0 Å². The highest BCUT2D eigenvalue weighted by Gasteiger charge is 2.18. The number of hydrogen-bond acceptors (Lipinski definition) is 6. The topological polar surface area (TPSA) is 86.5 Å². The van der Waals surface area contributed by atoms with E-state index in [2.05, 4.69) is 15.5 Å². The van der Waals surface area contributed by atoms with Crippen LogP contribution in [-0.4, -0.2) is 30.3 Å². The number of rotatable bonds is 7. The molecule has 1 amide bonds. The molecule has 0 spiro atoms. The van der Waals surface area contributed by atoms with Crippen molar-refractivity contribution in [3.05, 3.63) is 59.7 Å². The summed E-state index contributed by atoms with van der Waals surface area (Å²) in [7, 11) is 3.10. The molecule has 1 aromatic heterocycles. The molecule has 1 atom stereocenters. The molecule has 146 valence electrons. The van der Waals surface area contributed by atoms with Crippen molar-refractivity contribution in [3.8, 4) is 22.9 Å². The van der Waals surface area contributed by atoms with E-state index in [9.17, 15) is 9.18 Å². The van der Waals surface area contributed by atoms with Gasteiger partial charge in [0, 0.05) is 5.56 Å². The zero-order chi connectivity index (χ0) is 20.1. The third kappa shape index (κ3) is 4.46. The lowest BCUT2D eigenvalue weighted by Crippen LogP contribution is -2.28. The Morgan fingerprint density at radius 3 is 2.54 bits per heavy atom. The van der Waals surface area contributed by atoms with Crippen LogP contribution in [0, 0.1) is 5.82 Å². The smallest absolute Gasteiger partial charge is 0.249 e. The number of benzene rings is 2. The van der Waals surface area contributed by atoms with Gasteiger partial charge in [0.15, 0.2) is 11.5 Å². The van der Waals surface area contributed by atoms with Gasteiger partial charge >= 0.3 is 0 Å². The van der Waals surface area contributed by atoms with Gasteiger partial charge in [0.25, 0.3) is 0 Å². The number of amides is 1. The van der Waals surface area contributed by atoms with Crippen molar-refractivity contribution >= 4 is 5.91 Å². The Morgan fingerprint density at radius 2 is 1.86 bits per heavy atom. The van der Waals surface area contributed by atoms with E-state index in [-0.39, 0.29) is 24.0 Å². The Kier molecular flexibility index (Phi) is 5.88. The first-order valence-corrected chi connectivity index (χ1v) is 8.60. The van der Waals surface area contributed by atoms with Crippen LogP contribution in [0.5, 0.6) is 11.5 Å². The number of aromatic nitrogens is 2. The van der Waals surface area contributed by atoms with Gasteiger partial charge in [0.1, 0.15) is 11.9 Å². The van der Waals surface area contributed by atoms with Crippen LogP contribution < -0.4 is 14.8 Å². The second-order valence-corrected chi connectivity index (χ2v) is 6.12. The van der Waals surface area contributed by atoms with E-state index in [1.165, 1.54) is 12.1 Å². The van der Waals surface area contributed by atoms with Crippen LogP contribution in [0.4, 0.5) is 4.39 Å². The largest absolute Gasteiger partial charge is 0.493 e. The van der Waals surface area contributed by atoms with Gasteiger partial charge < -0.3 is 19.3 Å². The van der Waals surface area contributed by atoms with Crippen molar-refractivity contribution in [1.29, 1.82) is 0 Å². The van der Waals surface area contributed by atoms with Gasteiger partial charge in [-0.3, -0.25) is 4.79 Å². The van der Waals surface area contributed by atoms with Crippen LogP contribution in [-0.2, 0) is 11.2 Å². The molecule has 0 aliphatic rings. The molecule has 3 rings (SSSR count). The third-order valence-corrected chi connectivity index (χ3v) is 4.11. The first-order chi connectivity index (χ1) is 13.5. The van der Waals surface area contributed by atoms with Crippen molar-refractivity contribution in [3.63, 3.8) is 0 Å². The zero-order valence-electron chi connectivity index (χ0n) is 15.7. The Bertz CT molecular complexity index is 956. The number of nitrogens with one attached hydrogen (secondary N) is 1. The van der Waals surface area contributed by atoms with Gasteiger partial charge in [0.05, 0.1) is 20.6 Å². The molecule has 8 heteroatoms. The van der Waals surface area contributed by atoms with E-state index in [4.69, 9.17) is 14.0 Å². The Balaban J connectivity index is 1.67. The normalized spacial score (nSPS) is 11.7. The summed E-state index contributed by atoms with van der Waals surface area (Å²) in [5, 5.41) is 6.76. The summed E-state index contributed by atoms with van der Waals surface area (Å²) < 4.78 is 28.7. The van der Waals surface area contributed by atoms with Crippen LogP contribution in [0.3, 0.4) is 0 Å². The Hall–Kier alpha value is -3.42. The summed E-state index contributed by atoms with van der Waals surface area (Å²) in [6.45, 7) is 1.74. The number of methoxy groups -OCH3 is 2. The first-order valence-electron chi connectivity index (χ1n) is 8.60. The first kappa shape index (κ1) is 19.3. The summed E-state index contributed by atoms with van der Waals surface area (Å²) in [5.74, 6) is 1.22. The fraction of sp³-hybridized carbons (Fsp3) is 0.250. The molecule has 0 fully saturated rings. The van der Waals surface area contributed by atoms with Crippen molar-refractivity contribution < 1.29 is 23.2 Å². The Morgan fingerprint density at radius 1 is 1.14 bits per heavy atom. The molecule has 0 unspecified atom stereocenters. The molecule has 2 aromatic carbocycles. The molecule has 1 heterocycles. The quantitative estimate of drug-likeness (QED) is 0.671. The van der Waals surface area contributed by atoms with Crippen LogP contribution in [0.15, 0.2) is 47.0 Å². The average molecular weight is 385 g/mol. The van der Waals surface area contributed by atoms with Gasteiger partial charge in [-0.1, -0.05) is 17.3 Å². The fourth-order valence-corrected chi connectivity index (χ4v) is 2.65. The average Bonchev–Trinajstić information content (AvgIpc) is 3.19. The third-order valence-electron chi connectivity index (χ3n) is 4.11. The molecule has 7 nitrogen and oxygen atoms in total. The zero-order valence-corrected chi connectivity index (χ0v) is 15.7. The van der Waals surface area contributed by atoms with Crippen LogP contribution in [0.2, 0.25) is 0 Å². The number of carbonyl (C=O) groups is 1. The molecule has 0 radical (unpaired) electrons. The monoisotopic (exact) mass is 385 g/mol. The fourth-order valence-electron chi connectivity index (χ4n) is 2.65. The second-order valence-electron chi connectivity index (χ2n) is 6.12. The van der Waals surface area contributed by atoms with Crippen molar-refractivity contribution in [2.45, 2.75) is 19.4 Å². The van der Waals surface area contributed by atoms with Gasteiger partial charge in [-0.2, -0.15) is 4.98 Å². The summed E-state index contributed by atoms with van der Waals surface area (Å²) in [4.78, 5) is 16.5. The molecule has 1 N–H and O–H groups in total. The minimum absolute atomic E-state index is 0.126. The lowest BCUT2D eigenvalue weighted by Gasteiger charge is -2.09. The minimum atomic E-state index is -0.477. The summed E-state index contributed by atoms with van der Waals surface area (Å²) in [6.07, 6.45) is 0.126. The predicted octanol–water partition coefficient (Wildman–Crippen LogP) is 3.31. The van der Waals surface area contributed by atoms with Gasteiger partial charge in [-0.25, -0.2) is 4.39 Å². The molecule has 0 aliphatic carbocycles. The maximum Gasteiger partial charge on any atom is 0.249 e. The van der Waals surface area contributed by atoms with E-state index >= 15 is 0 Å². The van der Waals surface area contributed by atoms with Crippen molar-refractivity contribution in [2.75, 3.05) is 14.2 Å². The SMILES string of the molecule is COc1ccc(-c2noc([C@H](C)NC(=O)Cc3ccc(F)cc3)n2)cc1OC. The highest BCUT2D eigenvalue weighted by Crippen LogP contribution is 2.31. The molecule has 0 saturated heterocycles. The molecule has 0 aliphatic heterocycles. The maximum absolute atomic E-state index is 12.9. The van der Waals surface area contributed by atoms with Crippen molar-refractivity contribution in [2.24, 2.45) is 0 Å². The predicted molar refractivity (Wildman–Crippen MR) is 99.5 cm³/mol. The standard InChI is InChI=1S/C20H20FN3O4/c1-12(22-18(25)10-13-4-7-15(21)8-5-13)20-23-19(24-28-20)14-6-9-16(26-2)17(11-14)27-3/h4-9,11-12H,10H2,1-3H3,(H,22,25)/t12-/m0/s1. The number of nitrogens with zero attached hydrogens (tertiary/aromatic N) is 2. The number of hydrogen-bond donors (Lipinski definition) is 1. The summed E-state index contributed by atoms with van der Waals surface area (Å²) in [5.41, 5.74) is 1.40. The minimum Gasteiger partial charge on any atom is -0.493 e. The van der Waals surface area contributed by atoms with E-state index in [1.54, 1.807) is 51.5 Å². The van der Waals surface area contributed by atoms with Crippen LogP contribution >= 0.6 is 0 Å². The van der Waals surface area contributed by atoms with Gasteiger partial charge in [-0.05, 0) is 42.8 Å². The molecule has 3 aromatic rings. The lowest BCUT2D eigenvalue weighted by molar-refractivity contribution is -0.121. The lowest BCUT2D eigenvalue weighted by atomic mass is 10.1. The van der Waals surface area contributed by atoms with E-state index in [0.29, 0.717) is 28.5 Å². The number of halogens is 1.